The predicted octanol–water partition coefficient (Wildman–Crippen LogP) is 2.00. The Morgan fingerprint density at radius 1 is 1.67 bits per heavy atom. The number of thiophene rings is 1. The van der Waals surface area contributed by atoms with Crippen molar-refractivity contribution in [2.45, 2.75) is 32.2 Å². The van der Waals surface area contributed by atoms with Crippen LogP contribution in [0.4, 0.5) is 0 Å². The van der Waals surface area contributed by atoms with Gasteiger partial charge in [-0.15, -0.1) is 11.3 Å². The Labute approximate surface area is 94.7 Å². The largest absolute Gasteiger partial charge is 0.347 e. The first-order chi connectivity index (χ1) is 7.27. The highest BCUT2D eigenvalue weighted by molar-refractivity contribution is 7.12. The average Bonchev–Trinajstić information content (AvgIpc) is 2.77. The Bertz CT molecular complexity index is 285. The van der Waals surface area contributed by atoms with E-state index in [1.54, 1.807) is 0 Å². The molecule has 1 atom stereocenters. The molecule has 0 spiro atoms. The lowest BCUT2D eigenvalue weighted by Gasteiger charge is -2.15. The molecule has 4 heteroatoms. The Balaban J connectivity index is 2.41. The Morgan fingerprint density at radius 2 is 2.47 bits per heavy atom. The fourth-order valence-electron chi connectivity index (χ4n) is 1.36. The van der Waals surface area contributed by atoms with Gasteiger partial charge in [-0.05, 0) is 17.9 Å². The van der Waals surface area contributed by atoms with Gasteiger partial charge in [0.25, 0.3) is 5.91 Å². The predicted molar refractivity (Wildman–Crippen MR) is 64.2 cm³/mol. The lowest BCUT2D eigenvalue weighted by atomic mass is 10.1. The van der Waals surface area contributed by atoms with Crippen molar-refractivity contribution >= 4 is 17.2 Å². The van der Waals surface area contributed by atoms with Crippen molar-refractivity contribution in [3.05, 3.63) is 22.4 Å². The summed E-state index contributed by atoms with van der Waals surface area (Å²) in [5.74, 6) is -0.00319. The highest BCUT2D eigenvalue weighted by atomic mass is 32.1. The van der Waals surface area contributed by atoms with Gasteiger partial charge in [-0.2, -0.15) is 0 Å². The SMILES string of the molecule is CCCCC(CN)NC(=O)c1cccs1. The minimum atomic E-state index is -0.00319. The molecule has 1 amide bonds. The third kappa shape index (κ3) is 4.01. The second-order valence-corrected chi connectivity index (χ2v) is 4.47. The molecule has 0 saturated carbocycles. The number of hydrogen-bond donors (Lipinski definition) is 2. The molecule has 0 bridgehead atoms. The third-order valence-corrected chi connectivity index (χ3v) is 3.14. The summed E-state index contributed by atoms with van der Waals surface area (Å²) < 4.78 is 0. The second-order valence-electron chi connectivity index (χ2n) is 3.53. The Hall–Kier alpha value is -0.870. The number of hydrogen-bond acceptors (Lipinski definition) is 3. The summed E-state index contributed by atoms with van der Waals surface area (Å²) in [5, 5.41) is 4.85. The number of nitrogens with one attached hydrogen (secondary N) is 1. The maximum absolute atomic E-state index is 11.7. The van der Waals surface area contributed by atoms with Crippen molar-refractivity contribution < 1.29 is 4.79 Å². The van der Waals surface area contributed by atoms with Gasteiger partial charge < -0.3 is 11.1 Å². The molecule has 0 saturated heterocycles. The molecule has 0 aliphatic heterocycles. The summed E-state index contributed by atoms with van der Waals surface area (Å²) in [7, 11) is 0. The fourth-order valence-corrected chi connectivity index (χ4v) is 1.99. The van der Waals surface area contributed by atoms with Gasteiger partial charge >= 0.3 is 0 Å². The van der Waals surface area contributed by atoms with Crippen molar-refractivity contribution in [1.82, 2.24) is 5.32 Å². The van der Waals surface area contributed by atoms with Crippen LogP contribution in [0.15, 0.2) is 17.5 Å². The van der Waals surface area contributed by atoms with E-state index in [4.69, 9.17) is 5.73 Å². The molecule has 84 valence electrons. The molecule has 0 aliphatic rings. The molecule has 0 aliphatic carbocycles. The van der Waals surface area contributed by atoms with E-state index in [0.29, 0.717) is 6.54 Å². The van der Waals surface area contributed by atoms with Gasteiger partial charge in [0.2, 0.25) is 0 Å². The van der Waals surface area contributed by atoms with Gasteiger partial charge in [0.15, 0.2) is 0 Å². The fraction of sp³-hybridized carbons (Fsp3) is 0.545. The van der Waals surface area contributed by atoms with Crippen molar-refractivity contribution in [3.63, 3.8) is 0 Å². The number of amides is 1. The van der Waals surface area contributed by atoms with E-state index >= 15 is 0 Å². The summed E-state index contributed by atoms with van der Waals surface area (Å²) in [6.45, 7) is 2.64. The van der Waals surface area contributed by atoms with Crippen LogP contribution in [-0.4, -0.2) is 18.5 Å². The number of unbranched alkanes of at least 4 members (excludes halogenated alkanes) is 1. The molecule has 1 rings (SSSR count). The van der Waals surface area contributed by atoms with Crippen molar-refractivity contribution in [3.8, 4) is 0 Å². The molecule has 1 aromatic heterocycles. The van der Waals surface area contributed by atoms with Crippen LogP contribution >= 0.6 is 11.3 Å². The zero-order chi connectivity index (χ0) is 11.1. The van der Waals surface area contributed by atoms with E-state index in [9.17, 15) is 4.79 Å². The third-order valence-electron chi connectivity index (χ3n) is 2.27. The minimum Gasteiger partial charge on any atom is -0.347 e. The molecule has 3 nitrogen and oxygen atoms in total. The molecule has 1 heterocycles. The molecule has 3 N–H and O–H groups in total. The van der Waals surface area contributed by atoms with Crippen LogP contribution in [-0.2, 0) is 0 Å². The first-order valence-corrected chi connectivity index (χ1v) is 6.20. The lowest BCUT2D eigenvalue weighted by molar-refractivity contribution is 0.0940. The summed E-state index contributed by atoms with van der Waals surface area (Å²) in [4.78, 5) is 12.4. The molecule has 1 aromatic rings. The van der Waals surface area contributed by atoms with E-state index in [0.717, 1.165) is 24.1 Å². The van der Waals surface area contributed by atoms with Gasteiger partial charge in [0, 0.05) is 12.6 Å². The molecule has 15 heavy (non-hydrogen) atoms. The topological polar surface area (TPSA) is 55.1 Å². The molecule has 1 unspecified atom stereocenters. The van der Waals surface area contributed by atoms with Crippen LogP contribution in [0.3, 0.4) is 0 Å². The first-order valence-electron chi connectivity index (χ1n) is 5.32. The standard InChI is InChI=1S/C11H18N2OS/c1-2-3-5-9(8-12)13-11(14)10-6-4-7-15-10/h4,6-7,9H,2-3,5,8,12H2,1H3,(H,13,14). The summed E-state index contributed by atoms with van der Waals surface area (Å²) in [5.41, 5.74) is 5.60. The van der Waals surface area contributed by atoms with Crippen LogP contribution in [0.5, 0.6) is 0 Å². The average molecular weight is 226 g/mol. The van der Waals surface area contributed by atoms with Crippen LogP contribution in [0.25, 0.3) is 0 Å². The number of carbonyl (C=O) groups excluding carboxylic acids is 1. The molecule has 0 aromatic carbocycles. The maximum atomic E-state index is 11.7. The van der Waals surface area contributed by atoms with E-state index in [1.807, 2.05) is 17.5 Å². The first kappa shape index (κ1) is 12.2. The maximum Gasteiger partial charge on any atom is 0.261 e. The Morgan fingerprint density at radius 3 is 3.00 bits per heavy atom. The zero-order valence-electron chi connectivity index (χ0n) is 9.03. The second kappa shape index (κ2) is 6.58. The summed E-state index contributed by atoms with van der Waals surface area (Å²) >= 11 is 1.45. The number of nitrogens with two attached hydrogens (primary N) is 1. The van der Waals surface area contributed by atoms with Crippen LogP contribution in [0, 0.1) is 0 Å². The van der Waals surface area contributed by atoms with Crippen LogP contribution in [0.1, 0.15) is 35.9 Å². The van der Waals surface area contributed by atoms with Crippen molar-refractivity contribution in [2.75, 3.05) is 6.54 Å². The summed E-state index contributed by atoms with van der Waals surface area (Å²) in [6.07, 6.45) is 3.20. The molecule has 0 radical (unpaired) electrons. The molecule has 0 fully saturated rings. The Kier molecular flexibility index (Phi) is 5.36. The van der Waals surface area contributed by atoms with Gasteiger partial charge in [-0.3, -0.25) is 4.79 Å². The normalized spacial score (nSPS) is 12.4. The van der Waals surface area contributed by atoms with Crippen LogP contribution < -0.4 is 11.1 Å². The monoisotopic (exact) mass is 226 g/mol. The zero-order valence-corrected chi connectivity index (χ0v) is 9.85. The molecular weight excluding hydrogens is 208 g/mol. The highest BCUT2D eigenvalue weighted by Gasteiger charge is 2.12. The highest BCUT2D eigenvalue weighted by Crippen LogP contribution is 2.09. The van der Waals surface area contributed by atoms with Crippen molar-refractivity contribution in [1.29, 1.82) is 0 Å². The smallest absolute Gasteiger partial charge is 0.261 e. The van der Waals surface area contributed by atoms with E-state index in [-0.39, 0.29) is 11.9 Å². The van der Waals surface area contributed by atoms with Gasteiger partial charge in [-0.1, -0.05) is 25.8 Å². The summed E-state index contributed by atoms with van der Waals surface area (Å²) in [6, 6.07) is 3.82. The van der Waals surface area contributed by atoms with E-state index in [2.05, 4.69) is 12.2 Å². The van der Waals surface area contributed by atoms with Crippen LogP contribution in [0.2, 0.25) is 0 Å². The number of rotatable bonds is 6. The van der Waals surface area contributed by atoms with Gasteiger partial charge in [0.1, 0.15) is 0 Å². The van der Waals surface area contributed by atoms with E-state index < -0.39 is 0 Å². The van der Waals surface area contributed by atoms with Crippen molar-refractivity contribution in [2.24, 2.45) is 5.73 Å². The number of carbonyl (C=O) groups is 1. The van der Waals surface area contributed by atoms with Gasteiger partial charge in [-0.25, -0.2) is 0 Å². The minimum absolute atomic E-state index is 0.00319. The van der Waals surface area contributed by atoms with E-state index in [1.165, 1.54) is 11.3 Å². The van der Waals surface area contributed by atoms with Gasteiger partial charge in [0.05, 0.1) is 4.88 Å². The quantitative estimate of drug-likeness (QED) is 0.779. The lowest BCUT2D eigenvalue weighted by Crippen LogP contribution is -2.39. The molecular formula is C11H18N2OS.